The second kappa shape index (κ2) is 5.97. The maximum atomic E-state index is 11.4. The molecule has 0 aliphatic carbocycles. The Kier molecular flexibility index (Phi) is 4.89. The van der Waals surface area contributed by atoms with Crippen LogP contribution in [0.1, 0.15) is 19.3 Å². The number of rotatable bonds is 6. The van der Waals surface area contributed by atoms with E-state index in [1.807, 2.05) is 4.90 Å². The molecule has 1 aliphatic rings. The van der Waals surface area contributed by atoms with Crippen LogP contribution in [0.25, 0.3) is 0 Å². The molecular weight excluding hydrogens is 222 g/mol. The molecule has 0 aromatic heterocycles. The summed E-state index contributed by atoms with van der Waals surface area (Å²) in [6.07, 6.45) is 2.02. The van der Waals surface area contributed by atoms with Crippen LogP contribution in [0.2, 0.25) is 0 Å². The SMILES string of the molecule is CNC(=O)CN1CCC[C@@]1(COC)CC(N)=O. The number of nitrogens with two attached hydrogens (primary N) is 1. The Morgan fingerprint density at radius 3 is 2.76 bits per heavy atom. The molecule has 1 atom stereocenters. The molecule has 6 heteroatoms. The average Bonchev–Trinajstić information content (AvgIpc) is 2.61. The van der Waals surface area contributed by atoms with E-state index in [-0.39, 0.29) is 24.8 Å². The van der Waals surface area contributed by atoms with Crippen molar-refractivity contribution < 1.29 is 14.3 Å². The van der Waals surface area contributed by atoms with Crippen LogP contribution < -0.4 is 11.1 Å². The monoisotopic (exact) mass is 243 g/mol. The number of nitrogens with zero attached hydrogens (tertiary/aromatic N) is 1. The van der Waals surface area contributed by atoms with Crippen molar-refractivity contribution in [3.8, 4) is 0 Å². The summed E-state index contributed by atoms with van der Waals surface area (Å²) in [6, 6.07) is 0. The van der Waals surface area contributed by atoms with Crippen LogP contribution in [0.3, 0.4) is 0 Å². The van der Waals surface area contributed by atoms with Gasteiger partial charge in [-0.15, -0.1) is 0 Å². The number of nitrogens with one attached hydrogen (secondary N) is 1. The number of methoxy groups -OCH3 is 1. The van der Waals surface area contributed by atoms with Crippen LogP contribution in [0.15, 0.2) is 0 Å². The van der Waals surface area contributed by atoms with Gasteiger partial charge < -0.3 is 15.8 Å². The van der Waals surface area contributed by atoms with Gasteiger partial charge in [-0.2, -0.15) is 0 Å². The first-order valence-electron chi connectivity index (χ1n) is 5.77. The second-order valence-corrected chi connectivity index (χ2v) is 4.50. The Morgan fingerprint density at radius 2 is 2.24 bits per heavy atom. The summed E-state index contributed by atoms with van der Waals surface area (Å²) < 4.78 is 5.19. The van der Waals surface area contributed by atoms with E-state index in [4.69, 9.17) is 10.5 Å². The Balaban J connectivity index is 2.77. The van der Waals surface area contributed by atoms with E-state index in [0.717, 1.165) is 19.4 Å². The van der Waals surface area contributed by atoms with Crippen molar-refractivity contribution in [1.29, 1.82) is 0 Å². The minimum absolute atomic E-state index is 0.0585. The van der Waals surface area contributed by atoms with Gasteiger partial charge in [-0.25, -0.2) is 0 Å². The van der Waals surface area contributed by atoms with Crippen molar-refractivity contribution in [3.63, 3.8) is 0 Å². The summed E-state index contributed by atoms with van der Waals surface area (Å²) in [5, 5.41) is 2.59. The third kappa shape index (κ3) is 3.41. The molecular formula is C11H21N3O3. The summed E-state index contributed by atoms with van der Waals surface area (Å²) in [5.74, 6) is -0.414. The summed E-state index contributed by atoms with van der Waals surface area (Å²) in [5.41, 5.74) is 4.88. The quantitative estimate of drug-likeness (QED) is 0.632. The highest BCUT2D eigenvalue weighted by molar-refractivity contribution is 5.78. The van der Waals surface area contributed by atoms with E-state index in [9.17, 15) is 9.59 Å². The van der Waals surface area contributed by atoms with Crippen molar-refractivity contribution >= 4 is 11.8 Å². The van der Waals surface area contributed by atoms with Gasteiger partial charge in [0.15, 0.2) is 0 Å². The fourth-order valence-corrected chi connectivity index (χ4v) is 2.50. The van der Waals surface area contributed by atoms with Crippen LogP contribution in [-0.2, 0) is 14.3 Å². The fraction of sp³-hybridized carbons (Fsp3) is 0.818. The summed E-state index contributed by atoms with van der Waals surface area (Å²) in [4.78, 5) is 24.6. The first kappa shape index (κ1) is 13.9. The van der Waals surface area contributed by atoms with E-state index < -0.39 is 5.54 Å². The lowest BCUT2D eigenvalue weighted by atomic mass is 9.92. The van der Waals surface area contributed by atoms with Gasteiger partial charge in [0.2, 0.25) is 11.8 Å². The molecule has 0 radical (unpaired) electrons. The third-order valence-corrected chi connectivity index (χ3v) is 3.27. The minimum Gasteiger partial charge on any atom is -0.383 e. The number of amides is 2. The molecule has 17 heavy (non-hydrogen) atoms. The maximum Gasteiger partial charge on any atom is 0.233 e. The first-order chi connectivity index (χ1) is 8.04. The molecule has 3 N–H and O–H groups in total. The molecule has 0 aromatic rings. The molecule has 0 spiro atoms. The largest absolute Gasteiger partial charge is 0.383 e. The van der Waals surface area contributed by atoms with Crippen molar-refractivity contribution in [1.82, 2.24) is 10.2 Å². The molecule has 1 rings (SSSR count). The zero-order chi connectivity index (χ0) is 12.9. The van der Waals surface area contributed by atoms with Crippen molar-refractivity contribution in [2.24, 2.45) is 5.73 Å². The van der Waals surface area contributed by atoms with Crippen LogP contribution >= 0.6 is 0 Å². The van der Waals surface area contributed by atoms with Gasteiger partial charge in [-0.3, -0.25) is 14.5 Å². The standard InChI is InChI=1S/C11H21N3O3/c1-13-10(16)7-14-5-3-4-11(14,8-17-2)6-9(12)15/h3-8H2,1-2H3,(H2,12,15)(H,13,16)/t11-/m0/s1. The zero-order valence-electron chi connectivity index (χ0n) is 10.5. The topological polar surface area (TPSA) is 84.7 Å². The lowest BCUT2D eigenvalue weighted by Gasteiger charge is -2.36. The van der Waals surface area contributed by atoms with E-state index >= 15 is 0 Å². The van der Waals surface area contributed by atoms with Gasteiger partial charge in [0.05, 0.1) is 18.7 Å². The number of ether oxygens (including phenoxy) is 1. The Morgan fingerprint density at radius 1 is 1.53 bits per heavy atom. The summed E-state index contributed by atoms with van der Waals surface area (Å²) in [7, 11) is 3.20. The van der Waals surface area contributed by atoms with Gasteiger partial charge in [0, 0.05) is 20.6 Å². The molecule has 1 fully saturated rings. The smallest absolute Gasteiger partial charge is 0.233 e. The number of likely N-dealkylation sites (tertiary alicyclic amines) is 1. The molecule has 98 valence electrons. The van der Waals surface area contributed by atoms with E-state index in [1.165, 1.54) is 0 Å². The van der Waals surface area contributed by atoms with Gasteiger partial charge in [-0.1, -0.05) is 0 Å². The normalized spacial score (nSPS) is 24.8. The van der Waals surface area contributed by atoms with Crippen LogP contribution in [0.5, 0.6) is 0 Å². The van der Waals surface area contributed by atoms with Crippen LogP contribution in [0.4, 0.5) is 0 Å². The molecule has 2 amide bonds. The molecule has 1 heterocycles. The highest BCUT2D eigenvalue weighted by Gasteiger charge is 2.42. The van der Waals surface area contributed by atoms with Crippen molar-refractivity contribution in [3.05, 3.63) is 0 Å². The summed E-state index contributed by atoms with van der Waals surface area (Å²) >= 11 is 0. The highest BCUT2D eigenvalue weighted by atomic mass is 16.5. The van der Waals surface area contributed by atoms with E-state index in [2.05, 4.69) is 5.32 Å². The number of carbonyl (C=O) groups excluding carboxylic acids is 2. The Hall–Kier alpha value is -1.14. The first-order valence-corrected chi connectivity index (χ1v) is 5.77. The van der Waals surface area contributed by atoms with Crippen LogP contribution in [0, 0.1) is 0 Å². The second-order valence-electron chi connectivity index (χ2n) is 4.50. The van der Waals surface area contributed by atoms with Crippen LogP contribution in [-0.4, -0.2) is 56.1 Å². The molecule has 0 saturated carbocycles. The Labute approximate surface area is 101 Å². The fourth-order valence-electron chi connectivity index (χ4n) is 2.50. The third-order valence-electron chi connectivity index (χ3n) is 3.27. The molecule has 0 bridgehead atoms. The number of primary amides is 1. The molecule has 0 aromatic carbocycles. The lowest BCUT2D eigenvalue weighted by Crippen LogP contribution is -2.52. The van der Waals surface area contributed by atoms with Gasteiger partial charge in [0.1, 0.15) is 0 Å². The number of hydrogen-bond acceptors (Lipinski definition) is 4. The Bertz CT molecular complexity index is 296. The minimum atomic E-state index is -0.410. The van der Waals surface area contributed by atoms with Gasteiger partial charge in [-0.05, 0) is 19.4 Å². The zero-order valence-corrected chi connectivity index (χ0v) is 10.5. The number of hydrogen-bond donors (Lipinski definition) is 2. The van der Waals surface area contributed by atoms with Crippen molar-refractivity contribution in [2.75, 3.05) is 33.9 Å². The highest BCUT2D eigenvalue weighted by Crippen LogP contribution is 2.32. The average molecular weight is 243 g/mol. The number of likely N-dealkylation sites (N-methyl/N-ethyl adjacent to an activating group) is 1. The predicted molar refractivity (Wildman–Crippen MR) is 63.3 cm³/mol. The summed E-state index contributed by atoms with van der Waals surface area (Å²) in [6.45, 7) is 1.50. The number of carbonyl (C=O) groups is 2. The van der Waals surface area contributed by atoms with E-state index in [1.54, 1.807) is 14.2 Å². The lowest BCUT2D eigenvalue weighted by molar-refractivity contribution is -0.127. The van der Waals surface area contributed by atoms with E-state index in [0.29, 0.717) is 6.61 Å². The van der Waals surface area contributed by atoms with Gasteiger partial charge >= 0.3 is 0 Å². The van der Waals surface area contributed by atoms with Gasteiger partial charge in [0.25, 0.3) is 0 Å². The molecule has 6 nitrogen and oxygen atoms in total. The predicted octanol–water partition coefficient (Wildman–Crippen LogP) is -0.911. The molecule has 0 unspecified atom stereocenters. The maximum absolute atomic E-state index is 11.4. The molecule has 1 saturated heterocycles. The molecule has 1 aliphatic heterocycles. The van der Waals surface area contributed by atoms with Crippen molar-refractivity contribution in [2.45, 2.75) is 24.8 Å².